The van der Waals surface area contributed by atoms with E-state index < -0.39 is 0 Å². The molecule has 1 aromatic carbocycles. The van der Waals surface area contributed by atoms with Crippen LogP contribution in [-0.2, 0) is 4.79 Å². The second kappa shape index (κ2) is 11.3. The number of halogens is 1. The minimum absolute atomic E-state index is 0.298. The lowest BCUT2D eigenvalue weighted by Crippen LogP contribution is -2.42. The quantitative estimate of drug-likeness (QED) is 0.262. The number of methoxy groups -OCH3 is 1. The summed E-state index contributed by atoms with van der Waals surface area (Å²) in [5.74, 6) is 0.613. The number of H-pyrrole nitrogens is 1. The van der Waals surface area contributed by atoms with Gasteiger partial charge in [-0.2, -0.15) is 0 Å². The van der Waals surface area contributed by atoms with Crippen LogP contribution in [0.4, 0.5) is 23.0 Å². The smallest absolute Gasteiger partial charge is 0.247 e. The van der Waals surface area contributed by atoms with E-state index in [1.807, 2.05) is 30.5 Å². The molecule has 0 radical (unpaired) electrons. The summed E-state index contributed by atoms with van der Waals surface area (Å²) in [4.78, 5) is 33.4. The van der Waals surface area contributed by atoms with Crippen molar-refractivity contribution in [1.29, 1.82) is 0 Å². The minimum Gasteiger partial charge on any atom is -0.494 e. The fourth-order valence-corrected chi connectivity index (χ4v) is 5.02. The lowest BCUT2D eigenvalue weighted by Gasteiger charge is -2.37. The third-order valence-electron chi connectivity index (χ3n) is 6.96. The second-order valence-electron chi connectivity index (χ2n) is 9.60. The molecule has 0 saturated carbocycles. The number of carbonyl (C=O) groups is 1. The highest BCUT2D eigenvalue weighted by molar-refractivity contribution is 6.33. The van der Waals surface area contributed by atoms with Gasteiger partial charge in [0.15, 0.2) is 0 Å². The average Bonchev–Trinajstić information content (AvgIpc) is 3.42. The topological polar surface area (TPSA) is 111 Å². The summed E-state index contributed by atoms with van der Waals surface area (Å²) in [6.45, 7) is 5.32. The summed E-state index contributed by atoms with van der Waals surface area (Å²) in [7, 11) is 5.83. The number of hydrogen-bond donors (Lipinski definition) is 3. The summed E-state index contributed by atoms with van der Waals surface area (Å²) < 4.78 is 5.75. The molecule has 1 saturated heterocycles. The third-order valence-corrected chi connectivity index (χ3v) is 7.24. The first-order chi connectivity index (χ1) is 18.9. The Balaban J connectivity index is 1.48. The molecule has 0 atom stereocenters. The van der Waals surface area contributed by atoms with Crippen LogP contribution >= 0.6 is 11.6 Å². The first-order valence-corrected chi connectivity index (χ1v) is 13.0. The molecule has 3 N–H and O–H groups in total. The number of pyridine rings is 1. The van der Waals surface area contributed by atoms with E-state index in [0.717, 1.165) is 48.2 Å². The van der Waals surface area contributed by atoms with Gasteiger partial charge in [0.25, 0.3) is 0 Å². The zero-order valence-electron chi connectivity index (χ0n) is 22.2. The molecule has 1 aliphatic rings. The molecule has 1 fully saturated rings. The number of hydrogen-bond acceptors (Lipinski definition) is 8. The van der Waals surface area contributed by atoms with E-state index in [2.05, 4.69) is 61.0 Å². The summed E-state index contributed by atoms with van der Waals surface area (Å²) in [6.07, 6.45) is 8.39. The van der Waals surface area contributed by atoms with Crippen molar-refractivity contribution in [2.75, 3.05) is 49.8 Å². The molecule has 39 heavy (non-hydrogen) atoms. The number of ether oxygens (including phenoxy) is 1. The minimum atomic E-state index is -0.298. The van der Waals surface area contributed by atoms with Crippen LogP contribution in [0.5, 0.6) is 5.75 Å². The zero-order valence-corrected chi connectivity index (χ0v) is 22.9. The Morgan fingerprint density at radius 1 is 1.21 bits per heavy atom. The number of fused-ring (bicyclic) bond motifs is 1. The van der Waals surface area contributed by atoms with Crippen molar-refractivity contribution >= 4 is 51.6 Å². The number of amides is 1. The maximum absolute atomic E-state index is 12.3. The van der Waals surface area contributed by atoms with Gasteiger partial charge in [-0.25, -0.2) is 15.0 Å². The van der Waals surface area contributed by atoms with Crippen molar-refractivity contribution < 1.29 is 9.53 Å². The van der Waals surface area contributed by atoms with E-state index in [1.54, 1.807) is 19.5 Å². The highest BCUT2D eigenvalue weighted by Gasteiger charge is 2.24. The Morgan fingerprint density at radius 2 is 2.00 bits per heavy atom. The van der Waals surface area contributed by atoms with Gasteiger partial charge >= 0.3 is 0 Å². The molecule has 4 heterocycles. The summed E-state index contributed by atoms with van der Waals surface area (Å²) in [5.41, 5.74) is 4.21. The van der Waals surface area contributed by atoms with Gasteiger partial charge < -0.3 is 30.2 Å². The van der Waals surface area contributed by atoms with E-state index in [9.17, 15) is 4.79 Å². The highest BCUT2D eigenvalue weighted by Crippen LogP contribution is 2.40. The maximum atomic E-state index is 12.3. The SMILES string of the molecule is C=CC(=O)Nc1cc(Nc2ncc(Cl)c(-c3cnc4[nH]ccc4c3)n2)c(OC)cc1N1CCC(N(C)C)CC1. The van der Waals surface area contributed by atoms with Gasteiger partial charge in [-0.3, -0.25) is 4.79 Å². The van der Waals surface area contributed by atoms with Gasteiger partial charge in [0.2, 0.25) is 11.9 Å². The van der Waals surface area contributed by atoms with Crippen molar-refractivity contribution in [3.63, 3.8) is 0 Å². The zero-order chi connectivity index (χ0) is 27.5. The Kier molecular flexibility index (Phi) is 7.67. The summed E-state index contributed by atoms with van der Waals surface area (Å²) in [5, 5.41) is 7.55. The number of rotatable bonds is 8. The maximum Gasteiger partial charge on any atom is 0.247 e. The van der Waals surface area contributed by atoms with E-state index in [1.165, 1.54) is 6.08 Å². The number of piperidine rings is 1. The van der Waals surface area contributed by atoms with Crippen LogP contribution in [0.2, 0.25) is 5.02 Å². The van der Waals surface area contributed by atoms with Crippen molar-refractivity contribution in [2.24, 2.45) is 0 Å². The Labute approximate surface area is 232 Å². The Hall–Kier alpha value is -4.15. The number of nitrogens with one attached hydrogen (secondary N) is 3. The molecule has 0 unspecified atom stereocenters. The van der Waals surface area contributed by atoms with Crippen molar-refractivity contribution in [3.05, 3.63) is 60.5 Å². The van der Waals surface area contributed by atoms with Gasteiger partial charge in [0, 0.05) is 48.5 Å². The Morgan fingerprint density at radius 3 is 2.72 bits per heavy atom. The standard InChI is InChI=1S/C28H31ClN8O2/c1-5-25(38)33-21-13-22(24(39-4)14-23(21)37-10-7-19(8-11-37)36(2)3)34-28-32-16-20(29)26(35-28)18-12-17-6-9-30-27(17)31-15-18/h5-6,9,12-16,19H,1,7-8,10-11H2,2-4H3,(H,30,31)(H,33,38)(H,32,34,35). The van der Waals surface area contributed by atoms with Gasteiger partial charge in [-0.1, -0.05) is 18.2 Å². The van der Waals surface area contributed by atoms with E-state index in [4.69, 9.17) is 16.3 Å². The van der Waals surface area contributed by atoms with Crippen LogP contribution in [0.25, 0.3) is 22.3 Å². The molecule has 11 heteroatoms. The number of benzene rings is 1. The largest absolute Gasteiger partial charge is 0.494 e. The van der Waals surface area contributed by atoms with Crippen molar-refractivity contribution in [2.45, 2.75) is 18.9 Å². The fourth-order valence-electron chi connectivity index (χ4n) is 4.82. The predicted octanol–water partition coefficient (Wildman–Crippen LogP) is 5.08. The Bertz CT molecular complexity index is 1510. The molecule has 5 rings (SSSR count). The molecule has 0 spiro atoms. The molecule has 0 aliphatic carbocycles. The van der Waals surface area contributed by atoms with E-state index in [0.29, 0.717) is 39.8 Å². The van der Waals surface area contributed by atoms with Crippen LogP contribution < -0.4 is 20.3 Å². The summed E-state index contributed by atoms with van der Waals surface area (Å²) >= 11 is 6.47. The van der Waals surface area contributed by atoms with Crippen molar-refractivity contribution in [1.82, 2.24) is 24.8 Å². The highest BCUT2D eigenvalue weighted by atomic mass is 35.5. The fraction of sp³-hybridized carbons (Fsp3) is 0.286. The average molecular weight is 547 g/mol. The van der Waals surface area contributed by atoms with Crippen LogP contribution in [0.3, 0.4) is 0 Å². The van der Waals surface area contributed by atoms with Crippen molar-refractivity contribution in [3.8, 4) is 17.0 Å². The second-order valence-corrected chi connectivity index (χ2v) is 10.0. The van der Waals surface area contributed by atoms with Gasteiger partial charge in [0.1, 0.15) is 11.4 Å². The monoisotopic (exact) mass is 546 g/mol. The molecule has 1 amide bonds. The van der Waals surface area contributed by atoms with Gasteiger partial charge in [-0.05, 0) is 51.2 Å². The van der Waals surface area contributed by atoms with Crippen LogP contribution in [-0.4, -0.2) is 71.1 Å². The molecular formula is C28H31ClN8O2. The van der Waals surface area contributed by atoms with E-state index >= 15 is 0 Å². The number of carbonyl (C=O) groups excluding carboxylic acids is 1. The van der Waals surface area contributed by atoms with Crippen LogP contribution in [0.15, 0.2) is 55.5 Å². The molecular weight excluding hydrogens is 516 g/mol. The van der Waals surface area contributed by atoms with Crippen LogP contribution in [0, 0.1) is 0 Å². The third kappa shape index (κ3) is 5.67. The summed E-state index contributed by atoms with van der Waals surface area (Å²) in [6, 6.07) is 8.19. The lowest BCUT2D eigenvalue weighted by molar-refractivity contribution is -0.111. The molecule has 0 bridgehead atoms. The molecule has 3 aromatic heterocycles. The predicted molar refractivity (Wildman–Crippen MR) is 156 cm³/mol. The van der Waals surface area contributed by atoms with Crippen LogP contribution in [0.1, 0.15) is 12.8 Å². The number of aromatic nitrogens is 4. The number of anilines is 4. The van der Waals surface area contributed by atoms with Gasteiger partial charge in [-0.15, -0.1) is 0 Å². The molecule has 10 nitrogen and oxygen atoms in total. The normalized spacial score (nSPS) is 14.0. The number of aromatic amines is 1. The molecule has 1 aliphatic heterocycles. The molecule has 4 aromatic rings. The van der Waals surface area contributed by atoms with Gasteiger partial charge in [0.05, 0.1) is 41.1 Å². The first-order valence-electron chi connectivity index (χ1n) is 12.7. The molecule has 202 valence electrons. The first kappa shape index (κ1) is 26.5. The van der Waals surface area contributed by atoms with E-state index in [-0.39, 0.29) is 5.91 Å². The number of nitrogens with zero attached hydrogens (tertiary/aromatic N) is 5. The lowest BCUT2D eigenvalue weighted by atomic mass is 10.0.